The first kappa shape index (κ1) is 33.6. The highest BCUT2D eigenvalue weighted by Gasteiger charge is 2.44. The van der Waals surface area contributed by atoms with E-state index in [1.807, 2.05) is 27.7 Å². The number of nitrogen functional groups attached to an aromatic ring is 1. The Hall–Kier alpha value is -2.56. The van der Waals surface area contributed by atoms with Crippen molar-refractivity contribution in [3.05, 3.63) is 46.8 Å². The van der Waals surface area contributed by atoms with Crippen LogP contribution in [0.4, 0.5) is 38.0 Å². The summed E-state index contributed by atoms with van der Waals surface area (Å²) in [5, 5.41) is 2.68. The van der Waals surface area contributed by atoms with Crippen molar-refractivity contribution in [3.63, 3.8) is 0 Å². The fraction of sp³-hybridized carbons (Fsp3) is 0.655. The highest BCUT2D eigenvalue weighted by atomic mass is 19.4. The number of pyridine rings is 2. The van der Waals surface area contributed by atoms with Gasteiger partial charge in [0.2, 0.25) is 0 Å². The first-order chi connectivity index (χ1) is 18.4. The normalized spacial score (nSPS) is 16.9. The Morgan fingerprint density at radius 3 is 1.55 bits per heavy atom. The van der Waals surface area contributed by atoms with Crippen LogP contribution in [0.3, 0.4) is 0 Å². The van der Waals surface area contributed by atoms with Crippen LogP contribution in [0.25, 0.3) is 0 Å². The molecule has 1 saturated heterocycles. The molecule has 2 aromatic rings. The second-order valence-corrected chi connectivity index (χ2v) is 11.5. The van der Waals surface area contributed by atoms with E-state index in [1.54, 1.807) is 7.05 Å². The molecule has 5 nitrogen and oxygen atoms in total. The zero-order chi connectivity index (χ0) is 30.5. The van der Waals surface area contributed by atoms with Gasteiger partial charge in [0.15, 0.2) is 0 Å². The molecule has 1 aliphatic carbocycles. The van der Waals surface area contributed by atoms with Gasteiger partial charge in [-0.3, -0.25) is 0 Å². The number of alkyl halides is 6. The average molecular weight is 576 g/mol. The number of rotatable bonds is 4. The third-order valence-electron chi connectivity index (χ3n) is 7.49. The maximum Gasteiger partial charge on any atom is 0.433 e. The van der Waals surface area contributed by atoms with Gasteiger partial charge in [0, 0.05) is 13.1 Å². The fourth-order valence-corrected chi connectivity index (χ4v) is 4.62. The minimum absolute atomic E-state index is 0.0465. The summed E-state index contributed by atoms with van der Waals surface area (Å²) in [7, 11) is 1.56. The summed E-state index contributed by atoms with van der Waals surface area (Å²) in [5.74, 6) is 0.460. The maximum absolute atomic E-state index is 12.3. The molecule has 1 saturated carbocycles. The highest BCUT2D eigenvalue weighted by Crippen LogP contribution is 2.53. The maximum atomic E-state index is 12.3. The van der Waals surface area contributed by atoms with Gasteiger partial charge in [-0.15, -0.1) is 0 Å². The van der Waals surface area contributed by atoms with E-state index in [0.29, 0.717) is 11.4 Å². The summed E-state index contributed by atoms with van der Waals surface area (Å²) in [6.07, 6.45) is -2.81. The molecule has 226 valence electrons. The number of nitrogens with zero attached hydrogens (tertiary/aromatic N) is 3. The van der Waals surface area contributed by atoms with E-state index in [2.05, 4.69) is 34.0 Å². The van der Waals surface area contributed by atoms with E-state index in [1.165, 1.54) is 50.9 Å². The molecule has 0 aromatic carbocycles. The van der Waals surface area contributed by atoms with E-state index in [9.17, 15) is 26.3 Å². The van der Waals surface area contributed by atoms with Crippen molar-refractivity contribution in [2.24, 2.45) is 5.41 Å². The summed E-state index contributed by atoms with van der Waals surface area (Å²) < 4.78 is 73.6. The Morgan fingerprint density at radius 1 is 0.750 bits per heavy atom. The van der Waals surface area contributed by atoms with Gasteiger partial charge < -0.3 is 16.0 Å². The molecular weight excluding hydrogens is 532 g/mol. The van der Waals surface area contributed by atoms with Gasteiger partial charge in [-0.1, -0.05) is 39.8 Å². The zero-order valence-electron chi connectivity index (χ0n) is 24.5. The number of piperidine rings is 1. The molecule has 4 rings (SSSR count). The lowest BCUT2D eigenvalue weighted by Gasteiger charge is -2.34. The van der Waals surface area contributed by atoms with Crippen molar-refractivity contribution in [1.29, 1.82) is 0 Å². The molecule has 1 aliphatic heterocycles. The Morgan fingerprint density at radius 2 is 1.20 bits per heavy atom. The Kier molecular flexibility index (Phi) is 11.3. The molecule has 0 amide bonds. The lowest BCUT2D eigenvalue weighted by atomic mass is 9.93. The second-order valence-electron chi connectivity index (χ2n) is 11.5. The van der Waals surface area contributed by atoms with Crippen molar-refractivity contribution in [2.75, 3.05) is 31.2 Å². The molecule has 0 unspecified atom stereocenters. The summed E-state index contributed by atoms with van der Waals surface area (Å²) in [4.78, 5) is 9.48. The number of likely N-dealkylation sites (tertiary alicyclic amines) is 1. The number of hydrogen-bond acceptors (Lipinski definition) is 5. The van der Waals surface area contributed by atoms with Crippen LogP contribution in [0.5, 0.6) is 0 Å². The van der Waals surface area contributed by atoms with Crippen molar-refractivity contribution in [2.45, 2.75) is 97.5 Å². The predicted octanol–water partition coefficient (Wildman–Crippen LogP) is 8.34. The van der Waals surface area contributed by atoms with Crippen LogP contribution < -0.4 is 11.1 Å². The smallest absolute Gasteiger partial charge is 0.383 e. The standard InChI is InChI=1S/C10H13F3N2.C10H19N.C9H11F3N2/c1-6(2)7-4-5-8(10(11,12)13)15-9(7)14-3;1-9(2)11-7-5-10(3-4-10)6-8-11;1-5(2)6-3-4-7(9(10,11)12)14-8(6)13/h4-6H,1-3H3,(H,14,15);9H,3-8H2,1-2H3;3-5H,1-2H3,(H2,13,14). The molecule has 3 heterocycles. The Labute approximate surface area is 234 Å². The van der Waals surface area contributed by atoms with Gasteiger partial charge in [-0.25, -0.2) is 9.97 Å². The molecule has 2 aromatic heterocycles. The Bertz CT molecular complexity index is 1080. The van der Waals surface area contributed by atoms with Crippen LogP contribution in [0.15, 0.2) is 24.3 Å². The number of nitrogens with one attached hydrogen (secondary N) is 1. The van der Waals surface area contributed by atoms with E-state index in [-0.39, 0.29) is 17.7 Å². The molecule has 0 atom stereocenters. The molecule has 1 spiro atoms. The number of hydrogen-bond donors (Lipinski definition) is 2. The van der Waals surface area contributed by atoms with E-state index >= 15 is 0 Å². The zero-order valence-corrected chi connectivity index (χ0v) is 24.5. The lowest BCUT2D eigenvalue weighted by molar-refractivity contribution is -0.141. The Balaban J connectivity index is 0.000000212. The second kappa shape index (κ2) is 13.4. The number of aromatic nitrogens is 2. The summed E-state index contributed by atoms with van der Waals surface area (Å²) in [5.41, 5.74) is 5.87. The monoisotopic (exact) mass is 575 g/mol. The van der Waals surface area contributed by atoms with Crippen molar-refractivity contribution in [1.82, 2.24) is 14.9 Å². The minimum atomic E-state index is -4.43. The number of nitrogens with two attached hydrogens (primary N) is 1. The van der Waals surface area contributed by atoms with Crippen LogP contribution in [-0.2, 0) is 12.4 Å². The van der Waals surface area contributed by atoms with E-state index in [4.69, 9.17) is 5.73 Å². The molecule has 0 radical (unpaired) electrons. The largest absolute Gasteiger partial charge is 0.433 e. The summed E-state index contributed by atoms with van der Waals surface area (Å²) >= 11 is 0. The lowest BCUT2D eigenvalue weighted by Crippen LogP contribution is -2.38. The van der Waals surface area contributed by atoms with Gasteiger partial charge >= 0.3 is 12.4 Å². The summed E-state index contributed by atoms with van der Waals surface area (Å²) in [6.45, 7) is 14.8. The van der Waals surface area contributed by atoms with Gasteiger partial charge in [0.05, 0.1) is 0 Å². The van der Waals surface area contributed by atoms with E-state index in [0.717, 1.165) is 29.2 Å². The van der Waals surface area contributed by atoms with Gasteiger partial charge in [0.1, 0.15) is 23.0 Å². The third-order valence-corrected chi connectivity index (χ3v) is 7.49. The number of halogens is 6. The quantitative estimate of drug-likeness (QED) is 0.359. The SMILES string of the molecule is CC(C)N1CCC2(CC1)CC2.CC(C)c1ccc(C(F)(F)F)nc1N.CNc1nc(C(F)(F)F)ccc1C(C)C. The molecule has 11 heteroatoms. The van der Waals surface area contributed by atoms with Crippen LogP contribution in [-0.4, -0.2) is 41.0 Å². The predicted molar refractivity (Wildman–Crippen MR) is 148 cm³/mol. The van der Waals surface area contributed by atoms with Crippen molar-refractivity contribution >= 4 is 11.6 Å². The van der Waals surface area contributed by atoms with Gasteiger partial charge in [-0.05, 0) is 93.1 Å². The average Bonchev–Trinajstić information content (AvgIpc) is 3.61. The molecule has 40 heavy (non-hydrogen) atoms. The van der Waals surface area contributed by atoms with Crippen LogP contribution in [0.1, 0.15) is 102 Å². The molecular formula is C29H43F6N5. The van der Waals surface area contributed by atoms with E-state index < -0.39 is 23.7 Å². The van der Waals surface area contributed by atoms with Gasteiger partial charge in [-0.2, -0.15) is 26.3 Å². The van der Waals surface area contributed by atoms with Crippen molar-refractivity contribution < 1.29 is 26.3 Å². The molecule has 2 aliphatic rings. The first-order valence-electron chi connectivity index (χ1n) is 13.7. The third kappa shape index (κ3) is 9.52. The highest BCUT2D eigenvalue weighted by molar-refractivity contribution is 5.46. The first-order valence-corrected chi connectivity index (χ1v) is 13.7. The molecule has 3 N–H and O–H groups in total. The van der Waals surface area contributed by atoms with Crippen molar-refractivity contribution in [3.8, 4) is 0 Å². The number of anilines is 2. The van der Waals surface area contributed by atoms with Crippen LogP contribution >= 0.6 is 0 Å². The van der Waals surface area contributed by atoms with Gasteiger partial charge in [0.25, 0.3) is 0 Å². The topological polar surface area (TPSA) is 67.1 Å². The van der Waals surface area contributed by atoms with Crippen LogP contribution in [0.2, 0.25) is 0 Å². The fourth-order valence-electron chi connectivity index (χ4n) is 4.62. The summed E-state index contributed by atoms with van der Waals surface area (Å²) in [6, 6.07) is 5.57. The van der Waals surface area contributed by atoms with Crippen LogP contribution in [0, 0.1) is 5.41 Å². The minimum Gasteiger partial charge on any atom is -0.383 e. The molecule has 0 bridgehead atoms. The molecule has 2 fully saturated rings.